The lowest BCUT2D eigenvalue weighted by atomic mass is 10.0. The summed E-state index contributed by atoms with van der Waals surface area (Å²) in [6.07, 6.45) is 1.86. The first-order chi connectivity index (χ1) is 18.9. The number of ether oxygens (including phenoxy) is 1. The van der Waals surface area contributed by atoms with Gasteiger partial charge in [-0.15, -0.1) is 0 Å². The number of benzene rings is 4. The second kappa shape index (κ2) is 12.6. The Kier molecular flexibility index (Phi) is 8.93. The Balaban J connectivity index is 1.51. The smallest absolute Gasteiger partial charge is 0.323 e. The van der Waals surface area contributed by atoms with Gasteiger partial charge in [0, 0.05) is 5.78 Å². The third-order valence-electron chi connectivity index (χ3n) is 6.96. The highest BCUT2D eigenvalue weighted by Crippen LogP contribution is 2.48. The second-order valence-corrected chi connectivity index (χ2v) is 15.7. The first-order valence-electron chi connectivity index (χ1n) is 13.6. The minimum Gasteiger partial charge on any atom is -0.459 e. The topological polar surface area (TPSA) is 38.3 Å². The lowest BCUT2D eigenvalue weighted by Gasteiger charge is -2.28. The molecule has 4 aromatic rings. The van der Waals surface area contributed by atoms with Crippen LogP contribution in [0, 0.1) is 5.92 Å². The summed E-state index contributed by atoms with van der Waals surface area (Å²) in [5, 5.41) is 9.18. The third kappa shape index (κ3) is 7.03. The first-order valence-corrected chi connectivity index (χ1v) is 16.6. The van der Waals surface area contributed by atoms with E-state index in [2.05, 4.69) is 127 Å². The van der Waals surface area contributed by atoms with Crippen molar-refractivity contribution in [1.82, 2.24) is 5.32 Å². The van der Waals surface area contributed by atoms with E-state index in [-0.39, 0.29) is 23.7 Å². The molecular weight excluding hydrogens is 516 g/mol. The molecule has 39 heavy (non-hydrogen) atoms. The van der Waals surface area contributed by atoms with Crippen molar-refractivity contribution in [1.29, 1.82) is 0 Å². The number of carbonyl (C=O) groups excluding carboxylic acids is 1. The summed E-state index contributed by atoms with van der Waals surface area (Å²) >= 11 is 0. The normalized spacial score (nSPS) is 19.4. The maximum atomic E-state index is 13.7. The van der Waals surface area contributed by atoms with Crippen molar-refractivity contribution in [3.05, 3.63) is 121 Å². The molecule has 3 atom stereocenters. The predicted octanol–water partition coefficient (Wildman–Crippen LogP) is 5.90. The van der Waals surface area contributed by atoms with Crippen LogP contribution in [-0.4, -0.2) is 29.6 Å². The maximum absolute atomic E-state index is 13.7. The van der Waals surface area contributed by atoms with Crippen molar-refractivity contribution < 1.29 is 9.53 Å². The molecule has 1 fully saturated rings. The zero-order valence-electron chi connectivity index (χ0n) is 22.9. The zero-order chi connectivity index (χ0) is 27.2. The Bertz CT molecular complexity index is 1250. The number of carbonyl (C=O) groups is 1. The summed E-state index contributed by atoms with van der Waals surface area (Å²) in [7, 11) is -1.34. The van der Waals surface area contributed by atoms with Gasteiger partial charge in [-0.25, -0.2) is 0 Å². The van der Waals surface area contributed by atoms with Crippen LogP contribution >= 0.6 is 15.8 Å². The monoisotopic (exact) mass is 553 g/mol. The molecule has 0 amide bonds. The van der Waals surface area contributed by atoms with Gasteiger partial charge in [-0.05, 0) is 76.3 Å². The van der Waals surface area contributed by atoms with E-state index in [1.165, 1.54) is 21.2 Å². The van der Waals surface area contributed by atoms with Crippen LogP contribution < -0.4 is 26.5 Å². The van der Waals surface area contributed by atoms with Gasteiger partial charge in [0.25, 0.3) is 0 Å². The Morgan fingerprint density at radius 2 is 1.13 bits per heavy atom. The lowest BCUT2D eigenvalue weighted by molar-refractivity contribution is -0.158. The fourth-order valence-electron chi connectivity index (χ4n) is 5.32. The van der Waals surface area contributed by atoms with Crippen LogP contribution in [0.5, 0.6) is 0 Å². The van der Waals surface area contributed by atoms with E-state index in [0.29, 0.717) is 0 Å². The Morgan fingerprint density at radius 3 is 1.54 bits per heavy atom. The standard InChI is InChI=1S/C34H37NO2P2/c1-34(2,3)37-33(36)32-26(25-38(27-16-8-4-9-17-27)28-18-10-5-11-19-28)24-31(35-32)39(29-20-12-6-13-21-29)30-22-14-7-15-23-30/h4-23,26,31-32,35H,24-25H2,1-3H3. The largest absolute Gasteiger partial charge is 0.459 e. The Labute approximate surface area is 235 Å². The van der Waals surface area contributed by atoms with Crippen molar-refractivity contribution in [3.8, 4) is 0 Å². The van der Waals surface area contributed by atoms with Crippen molar-refractivity contribution in [2.24, 2.45) is 5.92 Å². The van der Waals surface area contributed by atoms with Gasteiger partial charge in [-0.3, -0.25) is 10.1 Å². The van der Waals surface area contributed by atoms with Gasteiger partial charge in [0.1, 0.15) is 11.6 Å². The average Bonchev–Trinajstić information content (AvgIpc) is 3.36. The molecule has 4 aromatic carbocycles. The minimum atomic E-state index is -0.708. The van der Waals surface area contributed by atoms with E-state index < -0.39 is 21.4 Å². The van der Waals surface area contributed by atoms with Gasteiger partial charge in [0.2, 0.25) is 0 Å². The SMILES string of the molecule is CC(C)(C)OC(=O)C1NC(P(c2ccccc2)c2ccccc2)CC1CP(c1ccccc1)c1ccccc1. The minimum absolute atomic E-state index is 0.137. The lowest BCUT2D eigenvalue weighted by Crippen LogP contribution is -2.44. The molecule has 0 spiro atoms. The molecule has 1 heterocycles. The molecular formula is C34H37NO2P2. The van der Waals surface area contributed by atoms with Crippen LogP contribution in [0.4, 0.5) is 0 Å². The number of nitrogens with one attached hydrogen (secondary N) is 1. The summed E-state index contributed by atoms with van der Waals surface area (Å²) in [6, 6.07) is 42.8. The Morgan fingerprint density at radius 1 is 0.718 bits per heavy atom. The molecule has 0 bridgehead atoms. The first kappa shape index (κ1) is 27.7. The van der Waals surface area contributed by atoms with Crippen LogP contribution in [0.1, 0.15) is 27.2 Å². The summed E-state index contributed by atoms with van der Waals surface area (Å²) in [4.78, 5) is 13.7. The summed E-state index contributed by atoms with van der Waals surface area (Å²) in [5.74, 6) is 0.201. The molecule has 0 saturated carbocycles. The summed E-state index contributed by atoms with van der Waals surface area (Å²) in [5.41, 5.74) is -0.533. The van der Waals surface area contributed by atoms with Gasteiger partial charge in [-0.1, -0.05) is 121 Å². The van der Waals surface area contributed by atoms with Crippen LogP contribution in [0.25, 0.3) is 0 Å². The average molecular weight is 554 g/mol. The maximum Gasteiger partial charge on any atom is 0.323 e. The van der Waals surface area contributed by atoms with E-state index in [1.807, 2.05) is 20.8 Å². The van der Waals surface area contributed by atoms with Crippen molar-refractivity contribution >= 4 is 43.0 Å². The molecule has 5 heteroatoms. The molecule has 0 radical (unpaired) electrons. The highest BCUT2D eigenvalue weighted by atomic mass is 31.1. The molecule has 200 valence electrons. The van der Waals surface area contributed by atoms with E-state index in [4.69, 9.17) is 4.74 Å². The highest BCUT2D eigenvalue weighted by molar-refractivity contribution is 7.73. The van der Waals surface area contributed by atoms with Gasteiger partial charge in [0.15, 0.2) is 0 Å². The van der Waals surface area contributed by atoms with Crippen molar-refractivity contribution in [2.75, 3.05) is 6.16 Å². The van der Waals surface area contributed by atoms with Crippen LogP contribution in [0.2, 0.25) is 0 Å². The molecule has 1 N–H and O–H groups in total. The second-order valence-electron chi connectivity index (χ2n) is 11.0. The fraction of sp³-hybridized carbons (Fsp3) is 0.265. The quantitative estimate of drug-likeness (QED) is 0.218. The summed E-state index contributed by atoms with van der Waals surface area (Å²) in [6.45, 7) is 5.86. The van der Waals surface area contributed by atoms with Crippen LogP contribution in [0.3, 0.4) is 0 Å². The predicted molar refractivity (Wildman–Crippen MR) is 168 cm³/mol. The van der Waals surface area contributed by atoms with Gasteiger partial charge >= 0.3 is 5.97 Å². The molecule has 3 unspecified atom stereocenters. The number of rotatable bonds is 8. The van der Waals surface area contributed by atoms with Gasteiger partial charge in [-0.2, -0.15) is 0 Å². The van der Waals surface area contributed by atoms with Crippen LogP contribution in [0.15, 0.2) is 121 Å². The Hall–Kier alpha value is -2.83. The van der Waals surface area contributed by atoms with E-state index >= 15 is 0 Å². The highest BCUT2D eigenvalue weighted by Gasteiger charge is 2.44. The van der Waals surface area contributed by atoms with Gasteiger partial charge < -0.3 is 4.74 Å². The zero-order valence-corrected chi connectivity index (χ0v) is 24.7. The number of esters is 1. The summed E-state index contributed by atoms with van der Waals surface area (Å²) < 4.78 is 6.00. The number of hydrogen-bond acceptors (Lipinski definition) is 3. The molecule has 1 saturated heterocycles. The van der Waals surface area contributed by atoms with Crippen molar-refractivity contribution in [3.63, 3.8) is 0 Å². The van der Waals surface area contributed by atoms with Crippen molar-refractivity contribution in [2.45, 2.75) is 44.6 Å². The van der Waals surface area contributed by atoms with E-state index in [9.17, 15) is 4.79 Å². The third-order valence-corrected chi connectivity index (χ3v) is 12.3. The fourth-order valence-corrected chi connectivity index (χ4v) is 10.7. The van der Waals surface area contributed by atoms with Crippen LogP contribution in [-0.2, 0) is 9.53 Å². The molecule has 3 nitrogen and oxygen atoms in total. The molecule has 0 aromatic heterocycles. The molecule has 0 aliphatic carbocycles. The van der Waals surface area contributed by atoms with E-state index in [1.54, 1.807) is 0 Å². The van der Waals surface area contributed by atoms with E-state index in [0.717, 1.165) is 12.6 Å². The molecule has 5 rings (SSSR count). The number of hydrogen-bond donors (Lipinski definition) is 1. The van der Waals surface area contributed by atoms with Gasteiger partial charge in [0.05, 0.1) is 0 Å². The molecule has 1 aliphatic heterocycles. The molecule has 1 aliphatic rings.